The van der Waals surface area contributed by atoms with Gasteiger partial charge in [0, 0.05) is 22.7 Å². The molecule has 0 saturated heterocycles. The van der Waals surface area contributed by atoms with E-state index in [1.807, 2.05) is 47.8 Å². The maximum atomic E-state index is 13.0. The molecule has 0 spiro atoms. The highest BCUT2D eigenvalue weighted by Crippen LogP contribution is 2.27. The molecule has 5 nitrogen and oxygen atoms in total. The Balaban J connectivity index is 1.65. The van der Waals surface area contributed by atoms with E-state index in [2.05, 4.69) is 5.32 Å². The molecule has 0 fully saturated rings. The van der Waals surface area contributed by atoms with Crippen LogP contribution in [0, 0.1) is 0 Å². The van der Waals surface area contributed by atoms with E-state index in [-0.39, 0.29) is 16.2 Å². The molecule has 2 N–H and O–H groups in total. The van der Waals surface area contributed by atoms with E-state index in [0.717, 1.165) is 29.8 Å². The van der Waals surface area contributed by atoms with Crippen molar-refractivity contribution in [2.75, 3.05) is 11.9 Å². The summed E-state index contributed by atoms with van der Waals surface area (Å²) >= 11 is 1.37. The Morgan fingerprint density at radius 2 is 1.89 bits per heavy atom. The van der Waals surface area contributed by atoms with Gasteiger partial charge in [0.1, 0.15) is 0 Å². The van der Waals surface area contributed by atoms with E-state index in [0.29, 0.717) is 4.88 Å². The van der Waals surface area contributed by atoms with Gasteiger partial charge in [0.05, 0.1) is 5.57 Å². The fourth-order valence-corrected chi connectivity index (χ4v) is 3.87. The SMILES string of the molecule is O=C(C(=Cc1ccccc1)c1cccs1)N(O)C(=O)c1ccc2c(c1)NCC2. The minimum absolute atomic E-state index is 0.200. The number of carbonyl (C=O) groups excluding carboxylic acids is 2. The number of carbonyl (C=O) groups is 2. The molecule has 0 saturated carbocycles. The molecule has 0 unspecified atom stereocenters. The molecular formula is C22H18N2O3S. The lowest BCUT2D eigenvalue weighted by Crippen LogP contribution is -2.34. The highest BCUT2D eigenvalue weighted by Gasteiger charge is 2.26. The molecule has 2 amide bonds. The minimum Gasteiger partial charge on any atom is -0.384 e. The van der Waals surface area contributed by atoms with E-state index in [1.54, 1.807) is 24.3 Å². The standard InChI is InChI=1S/C22H18N2O3S/c25-21(17-9-8-16-10-11-23-19(16)14-17)24(27)22(26)18(20-7-4-12-28-20)13-15-5-2-1-3-6-15/h1-9,12-14,23,27H,10-11H2. The number of rotatable bonds is 4. The van der Waals surface area contributed by atoms with Gasteiger partial charge < -0.3 is 5.32 Å². The molecule has 28 heavy (non-hydrogen) atoms. The van der Waals surface area contributed by atoms with Crippen molar-refractivity contribution in [2.24, 2.45) is 0 Å². The average Bonchev–Trinajstić information content (AvgIpc) is 3.42. The van der Waals surface area contributed by atoms with Crippen LogP contribution in [-0.4, -0.2) is 28.6 Å². The van der Waals surface area contributed by atoms with Gasteiger partial charge in [0.15, 0.2) is 0 Å². The molecule has 1 aliphatic heterocycles. The summed E-state index contributed by atoms with van der Waals surface area (Å²) in [7, 11) is 0. The van der Waals surface area contributed by atoms with E-state index in [1.165, 1.54) is 11.3 Å². The zero-order valence-electron chi connectivity index (χ0n) is 15.0. The molecule has 0 atom stereocenters. The second-order valence-corrected chi connectivity index (χ2v) is 7.36. The largest absolute Gasteiger partial charge is 0.384 e. The molecular weight excluding hydrogens is 372 g/mol. The average molecular weight is 390 g/mol. The number of amides is 2. The minimum atomic E-state index is -0.759. The van der Waals surface area contributed by atoms with Crippen molar-refractivity contribution in [2.45, 2.75) is 6.42 Å². The highest BCUT2D eigenvalue weighted by molar-refractivity contribution is 7.11. The van der Waals surface area contributed by atoms with Gasteiger partial charge in [-0.2, -0.15) is 0 Å². The van der Waals surface area contributed by atoms with E-state index in [4.69, 9.17) is 0 Å². The third-order valence-corrected chi connectivity index (χ3v) is 5.48. The van der Waals surface area contributed by atoms with E-state index < -0.39 is 11.8 Å². The van der Waals surface area contributed by atoms with Gasteiger partial charge in [-0.05, 0) is 47.2 Å². The number of nitrogens with one attached hydrogen (secondary N) is 1. The summed E-state index contributed by atoms with van der Waals surface area (Å²) in [6.07, 6.45) is 2.57. The smallest absolute Gasteiger partial charge is 0.286 e. The van der Waals surface area contributed by atoms with Crippen molar-refractivity contribution in [3.63, 3.8) is 0 Å². The van der Waals surface area contributed by atoms with Crippen LogP contribution >= 0.6 is 11.3 Å². The Bertz CT molecular complexity index is 1040. The molecule has 0 aliphatic carbocycles. The number of hydrogen-bond acceptors (Lipinski definition) is 5. The summed E-state index contributed by atoms with van der Waals surface area (Å²) in [6, 6.07) is 18.1. The molecule has 140 valence electrons. The Morgan fingerprint density at radius 3 is 2.64 bits per heavy atom. The molecule has 0 bridgehead atoms. The lowest BCUT2D eigenvalue weighted by Gasteiger charge is -2.15. The third kappa shape index (κ3) is 3.60. The summed E-state index contributed by atoms with van der Waals surface area (Å²) < 4.78 is 0. The van der Waals surface area contributed by atoms with Crippen LogP contribution in [0.25, 0.3) is 11.6 Å². The van der Waals surface area contributed by atoms with Crippen molar-refractivity contribution in [3.05, 3.63) is 87.6 Å². The van der Waals surface area contributed by atoms with Gasteiger partial charge in [0.25, 0.3) is 11.8 Å². The van der Waals surface area contributed by atoms with Gasteiger partial charge in [-0.3, -0.25) is 14.8 Å². The van der Waals surface area contributed by atoms with E-state index in [9.17, 15) is 14.8 Å². The van der Waals surface area contributed by atoms with E-state index >= 15 is 0 Å². The number of fused-ring (bicyclic) bond motifs is 1. The van der Waals surface area contributed by atoms with Crippen molar-refractivity contribution in [3.8, 4) is 0 Å². The van der Waals surface area contributed by atoms with Gasteiger partial charge in [0.2, 0.25) is 0 Å². The summed E-state index contributed by atoms with van der Waals surface area (Å²) in [5.74, 6) is -1.51. The fourth-order valence-electron chi connectivity index (χ4n) is 3.14. The number of benzene rings is 2. The maximum absolute atomic E-state index is 13.0. The molecule has 2 aromatic carbocycles. The van der Waals surface area contributed by atoms with Crippen LogP contribution in [0.1, 0.15) is 26.4 Å². The lowest BCUT2D eigenvalue weighted by molar-refractivity contribution is -0.146. The van der Waals surface area contributed by atoms with Crippen molar-refractivity contribution in [1.29, 1.82) is 0 Å². The molecule has 1 aromatic heterocycles. The second kappa shape index (κ2) is 7.80. The van der Waals surface area contributed by atoms with Crippen LogP contribution in [0.2, 0.25) is 0 Å². The van der Waals surface area contributed by atoms with Gasteiger partial charge in [-0.1, -0.05) is 42.5 Å². The molecule has 3 aromatic rings. The topological polar surface area (TPSA) is 69.6 Å². The number of thiophene rings is 1. The van der Waals surface area contributed by atoms with Crippen molar-refractivity contribution < 1.29 is 14.8 Å². The summed E-state index contributed by atoms with van der Waals surface area (Å²) in [5, 5.41) is 15.7. The highest BCUT2D eigenvalue weighted by atomic mass is 32.1. The first-order chi connectivity index (χ1) is 13.6. The Kier molecular flexibility index (Phi) is 5.06. The van der Waals surface area contributed by atoms with Crippen LogP contribution in [0.5, 0.6) is 0 Å². The van der Waals surface area contributed by atoms with Gasteiger partial charge >= 0.3 is 0 Å². The predicted octanol–water partition coefficient (Wildman–Crippen LogP) is 4.31. The Labute approximate surface area is 166 Å². The molecule has 0 radical (unpaired) electrons. The third-order valence-electron chi connectivity index (χ3n) is 4.58. The number of imide groups is 1. The molecule has 1 aliphatic rings. The van der Waals surface area contributed by atoms with Crippen molar-refractivity contribution in [1.82, 2.24) is 5.06 Å². The zero-order chi connectivity index (χ0) is 19.5. The van der Waals surface area contributed by atoms with Crippen LogP contribution in [0.4, 0.5) is 5.69 Å². The van der Waals surface area contributed by atoms with Crippen LogP contribution in [-0.2, 0) is 11.2 Å². The second-order valence-electron chi connectivity index (χ2n) is 6.42. The number of hydrogen-bond donors (Lipinski definition) is 2. The molecule has 4 rings (SSSR count). The monoisotopic (exact) mass is 390 g/mol. The maximum Gasteiger partial charge on any atom is 0.286 e. The van der Waals surface area contributed by atoms with Crippen LogP contribution in [0.15, 0.2) is 66.0 Å². The summed E-state index contributed by atoms with van der Waals surface area (Å²) in [5.41, 5.74) is 3.31. The Morgan fingerprint density at radius 1 is 1.07 bits per heavy atom. The fraction of sp³-hybridized carbons (Fsp3) is 0.0909. The Hall–Kier alpha value is -3.22. The quantitative estimate of drug-likeness (QED) is 0.396. The summed E-state index contributed by atoms with van der Waals surface area (Å²) in [6.45, 7) is 0.817. The number of hydroxylamine groups is 2. The molecule has 6 heteroatoms. The molecule has 2 heterocycles. The van der Waals surface area contributed by atoms with Crippen LogP contribution < -0.4 is 5.32 Å². The number of anilines is 1. The van der Waals surface area contributed by atoms with Crippen LogP contribution in [0.3, 0.4) is 0 Å². The first-order valence-electron chi connectivity index (χ1n) is 8.88. The number of nitrogens with zero attached hydrogens (tertiary/aromatic N) is 1. The van der Waals surface area contributed by atoms with Gasteiger partial charge in [-0.15, -0.1) is 16.4 Å². The predicted molar refractivity (Wildman–Crippen MR) is 110 cm³/mol. The normalized spacial score (nSPS) is 13.0. The van der Waals surface area contributed by atoms with Crippen molar-refractivity contribution >= 4 is 40.5 Å². The lowest BCUT2D eigenvalue weighted by atomic mass is 10.1. The van der Waals surface area contributed by atoms with Gasteiger partial charge in [-0.25, -0.2) is 0 Å². The zero-order valence-corrected chi connectivity index (χ0v) is 15.8. The first kappa shape index (κ1) is 18.2. The first-order valence-corrected chi connectivity index (χ1v) is 9.76. The summed E-state index contributed by atoms with van der Waals surface area (Å²) in [4.78, 5) is 26.4.